The molecular formula is C40H51ClN6O6S. The molecule has 0 spiro atoms. The molecule has 2 bridgehead atoms. The highest BCUT2D eigenvalue weighted by Crippen LogP contribution is 2.43. The minimum Gasteiger partial charge on any atom is -0.491 e. The van der Waals surface area contributed by atoms with E-state index >= 15 is 0 Å². The molecule has 4 heterocycles. The number of ether oxygens (including phenoxy) is 3. The molecule has 14 heteroatoms. The Morgan fingerprint density at radius 3 is 2.67 bits per heavy atom. The van der Waals surface area contributed by atoms with Crippen molar-refractivity contribution in [1.82, 2.24) is 19.4 Å². The Labute approximate surface area is 323 Å². The average molecular weight is 779 g/mol. The molecule has 3 aromatic rings. The van der Waals surface area contributed by atoms with E-state index in [4.69, 9.17) is 25.8 Å². The Kier molecular flexibility index (Phi) is 11.7. The maximum atomic E-state index is 14.7. The third kappa shape index (κ3) is 8.49. The number of amides is 2. The van der Waals surface area contributed by atoms with Crippen molar-refractivity contribution in [2.45, 2.75) is 64.1 Å². The van der Waals surface area contributed by atoms with Gasteiger partial charge in [-0.3, -0.25) is 23.9 Å². The van der Waals surface area contributed by atoms with Gasteiger partial charge in [0, 0.05) is 63.2 Å². The van der Waals surface area contributed by atoms with Gasteiger partial charge in [-0.05, 0) is 97.7 Å². The number of aryl methyl sites for hydroxylation is 2. The summed E-state index contributed by atoms with van der Waals surface area (Å²) in [6.45, 7) is 5.61. The van der Waals surface area contributed by atoms with Crippen molar-refractivity contribution in [3.8, 4) is 11.6 Å². The Morgan fingerprint density at radius 2 is 1.91 bits per heavy atom. The number of carbonyl (C=O) groups is 2. The second-order valence-electron chi connectivity index (χ2n) is 15.2. The van der Waals surface area contributed by atoms with Crippen LogP contribution in [0, 0.1) is 17.8 Å². The van der Waals surface area contributed by atoms with E-state index in [-0.39, 0.29) is 40.8 Å². The van der Waals surface area contributed by atoms with Crippen molar-refractivity contribution in [2.24, 2.45) is 29.2 Å². The number of carbonyl (C=O) groups excluding carboxylic acids is 2. The van der Waals surface area contributed by atoms with Gasteiger partial charge in [-0.25, -0.2) is 4.21 Å². The van der Waals surface area contributed by atoms with E-state index in [0.29, 0.717) is 42.2 Å². The normalized spacial score (nSPS) is 27.4. The topological polar surface area (TPSA) is 128 Å². The molecule has 2 amide bonds. The first-order valence-corrected chi connectivity index (χ1v) is 21.0. The molecule has 4 aliphatic rings. The molecule has 3 aliphatic heterocycles. The van der Waals surface area contributed by atoms with Crippen LogP contribution in [-0.2, 0) is 34.7 Å². The van der Waals surface area contributed by atoms with E-state index in [0.717, 1.165) is 57.4 Å². The Balaban J connectivity index is 1.32. The van der Waals surface area contributed by atoms with Crippen LogP contribution in [0.2, 0.25) is 5.02 Å². The number of rotatable bonds is 5. The number of anilines is 1. The Morgan fingerprint density at radius 1 is 1.07 bits per heavy atom. The lowest BCUT2D eigenvalue weighted by atomic mass is 9.68. The second-order valence-corrected chi connectivity index (χ2v) is 17.7. The molecule has 2 aromatic carbocycles. The molecule has 1 aromatic heterocycles. The fourth-order valence-corrected chi connectivity index (χ4v) is 10.3. The minimum absolute atomic E-state index is 0.0247. The highest BCUT2D eigenvalue weighted by atomic mass is 35.5. The van der Waals surface area contributed by atoms with E-state index in [1.807, 2.05) is 25.1 Å². The molecule has 5 atom stereocenters. The van der Waals surface area contributed by atoms with Crippen LogP contribution in [0.4, 0.5) is 5.69 Å². The van der Waals surface area contributed by atoms with Gasteiger partial charge < -0.3 is 19.1 Å². The monoisotopic (exact) mass is 778 g/mol. The SMILES string of the molecule is COc1nn(C)cc1C(=O)NS1(=O)=NC(=O)c2ccc3c(c2)N(Cc2ccc(Cl)cc2CCCCO3)C[C@@H]2CC[C@H]2C(N2CC(OC)C2)/C=C/C[C@H](C)C1. The number of aromatic nitrogens is 2. The van der Waals surface area contributed by atoms with Crippen LogP contribution in [-0.4, -0.2) is 89.1 Å². The predicted molar refractivity (Wildman–Crippen MR) is 210 cm³/mol. The molecular weight excluding hydrogens is 728 g/mol. The van der Waals surface area contributed by atoms with Gasteiger partial charge in [0.25, 0.3) is 11.8 Å². The van der Waals surface area contributed by atoms with Gasteiger partial charge in [0.2, 0.25) is 5.88 Å². The average Bonchev–Trinajstić information content (AvgIpc) is 3.48. The molecule has 7 rings (SSSR count). The number of hydrogen-bond acceptors (Lipinski definition) is 9. The maximum absolute atomic E-state index is 14.7. The van der Waals surface area contributed by atoms with Crippen molar-refractivity contribution in [3.05, 3.63) is 82.0 Å². The first-order valence-electron chi connectivity index (χ1n) is 18.9. The number of allylic oxidation sites excluding steroid dienone is 1. The van der Waals surface area contributed by atoms with E-state index < -0.39 is 21.7 Å². The fraction of sp³-hybridized carbons (Fsp3) is 0.525. The second kappa shape index (κ2) is 16.4. The van der Waals surface area contributed by atoms with Crippen molar-refractivity contribution in [3.63, 3.8) is 0 Å². The third-order valence-corrected chi connectivity index (χ3v) is 13.5. The van der Waals surface area contributed by atoms with Crippen molar-refractivity contribution >= 4 is 39.0 Å². The van der Waals surface area contributed by atoms with E-state index in [9.17, 15) is 13.8 Å². The molecule has 2 unspecified atom stereocenters. The quantitative estimate of drug-likeness (QED) is 0.307. The lowest BCUT2D eigenvalue weighted by Crippen LogP contribution is -2.60. The largest absolute Gasteiger partial charge is 0.491 e. The summed E-state index contributed by atoms with van der Waals surface area (Å²) in [6.07, 6.45) is 11.7. The highest BCUT2D eigenvalue weighted by Gasteiger charge is 2.43. The van der Waals surface area contributed by atoms with Gasteiger partial charge in [0.05, 0.1) is 31.3 Å². The number of nitrogens with zero attached hydrogens (tertiary/aromatic N) is 5. The number of halogens is 1. The zero-order valence-electron chi connectivity index (χ0n) is 31.5. The van der Waals surface area contributed by atoms with E-state index in [1.54, 1.807) is 20.2 Å². The van der Waals surface area contributed by atoms with Gasteiger partial charge in [0.15, 0.2) is 0 Å². The van der Waals surface area contributed by atoms with E-state index in [2.05, 4.69) is 48.3 Å². The lowest BCUT2D eigenvalue weighted by Gasteiger charge is -2.51. The molecule has 1 saturated heterocycles. The van der Waals surface area contributed by atoms with Crippen LogP contribution in [0.25, 0.3) is 0 Å². The number of benzene rings is 2. The number of nitrogens with one attached hydrogen (secondary N) is 1. The summed E-state index contributed by atoms with van der Waals surface area (Å²) in [5.74, 6) is 0.0568. The molecule has 1 saturated carbocycles. The summed E-state index contributed by atoms with van der Waals surface area (Å²) in [5.41, 5.74) is 3.56. The van der Waals surface area contributed by atoms with Gasteiger partial charge in [-0.1, -0.05) is 36.7 Å². The molecule has 1 aliphatic carbocycles. The summed E-state index contributed by atoms with van der Waals surface area (Å²) < 4.78 is 40.5. The summed E-state index contributed by atoms with van der Waals surface area (Å²) in [5, 5.41) is 4.89. The van der Waals surface area contributed by atoms with Crippen LogP contribution in [0.5, 0.6) is 11.6 Å². The number of hydrogen-bond donors (Lipinski definition) is 1. The summed E-state index contributed by atoms with van der Waals surface area (Å²) >= 11 is 6.51. The zero-order valence-corrected chi connectivity index (χ0v) is 33.1. The van der Waals surface area contributed by atoms with Gasteiger partial charge in [-0.15, -0.1) is 9.46 Å². The van der Waals surface area contributed by atoms with Crippen molar-refractivity contribution in [2.75, 3.05) is 51.1 Å². The standard InChI is InChI=1S/C40H51ClN6O6S/c1-26-8-7-10-35(47-22-32(23-47)51-3)33-15-12-30(33)21-46-20-29-11-14-31(41)18-27(29)9-5-6-17-53-37-16-13-28(19-36(37)46)38(48)43-54(50,25-26)44-39(49)34-24-45(2)42-40(34)52-4/h7,10-11,13-14,16,18-19,24,26,30,32-33,35H,5-6,8-9,12,15,17,20-23,25H2,1-4H3,(H,43,44,48,49,50)/b10-7+/t26-,30-,33+,35?,54?/m0/s1. The van der Waals surface area contributed by atoms with Crippen molar-refractivity contribution < 1.29 is 28.0 Å². The molecule has 1 N–H and O–H groups in total. The molecule has 0 radical (unpaired) electrons. The molecule has 290 valence electrons. The minimum atomic E-state index is -3.61. The van der Waals surface area contributed by atoms with Crippen LogP contribution < -0.4 is 19.1 Å². The summed E-state index contributed by atoms with van der Waals surface area (Å²) in [6, 6.07) is 11.7. The molecule has 12 nitrogen and oxygen atoms in total. The lowest BCUT2D eigenvalue weighted by molar-refractivity contribution is -0.0675. The van der Waals surface area contributed by atoms with Crippen LogP contribution >= 0.6 is 11.6 Å². The van der Waals surface area contributed by atoms with Crippen LogP contribution in [0.3, 0.4) is 0 Å². The fourth-order valence-electron chi connectivity index (χ4n) is 8.17. The van der Waals surface area contributed by atoms with Crippen molar-refractivity contribution in [1.29, 1.82) is 0 Å². The van der Waals surface area contributed by atoms with Gasteiger partial charge >= 0.3 is 0 Å². The Bertz CT molecular complexity index is 2020. The number of likely N-dealkylation sites (tertiary alicyclic amines) is 1. The summed E-state index contributed by atoms with van der Waals surface area (Å²) in [7, 11) is 1.23. The smallest absolute Gasteiger partial charge is 0.286 e. The first-order chi connectivity index (χ1) is 26.0. The molecule has 54 heavy (non-hydrogen) atoms. The number of fused-ring (bicyclic) bond motifs is 3. The predicted octanol–water partition coefficient (Wildman–Crippen LogP) is 6.08. The first kappa shape index (κ1) is 38.4. The highest BCUT2D eigenvalue weighted by molar-refractivity contribution is 7.92. The Hall–Kier alpha value is -3.91. The number of methoxy groups -OCH3 is 2. The molecule has 2 fully saturated rings. The third-order valence-electron chi connectivity index (χ3n) is 11.3. The zero-order chi connectivity index (χ0) is 38.0. The summed E-state index contributed by atoms with van der Waals surface area (Å²) in [4.78, 5) is 32.6. The van der Waals surface area contributed by atoms with E-state index in [1.165, 1.54) is 29.1 Å². The van der Waals surface area contributed by atoms with Crippen LogP contribution in [0.15, 0.2) is 59.1 Å². The van der Waals surface area contributed by atoms with Gasteiger partial charge in [0.1, 0.15) is 21.2 Å². The van der Waals surface area contributed by atoms with Crippen LogP contribution in [0.1, 0.15) is 70.9 Å². The van der Waals surface area contributed by atoms with Gasteiger partial charge in [-0.2, -0.15) is 0 Å². The maximum Gasteiger partial charge on any atom is 0.286 e.